The Morgan fingerprint density at radius 3 is 2.30 bits per heavy atom. The topological polar surface area (TPSA) is 147 Å². The van der Waals surface area contributed by atoms with E-state index in [0.29, 0.717) is 31.2 Å². The van der Waals surface area contributed by atoms with Gasteiger partial charge in [0.2, 0.25) is 11.8 Å². The highest BCUT2D eigenvalue weighted by molar-refractivity contribution is 6.21. The molecule has 3 amide bonds. The standard InChI is InChI=1S/C30H51Cl3N6O4/c1-43-30(42)36-22-10-4-18(5-11-22)27-28(33)39-29(38-27)24(15-26(41)35-16-17-2-7-20(31)8-3-17)37-25(40)13-6-19-14-21(32)9-12-23(19)34/h17-24,27-29,38-39H,2-16,34H2,1H3,(H,35,41)(H,36,42)(H,37,40)/t17?,18?,19?,20?,21?,22?,23?,24-,27?,28?,29?/m0/s1. The Hall–Kier alpha value is -1.04. The van der Waals surface area contributed by atoms with Crippen LogP contribution in [0.4, 0.5) is 4.79 Å². The second-order valence-corrected chi connectivity index (χ2v) is 14.9. The van der Waals surface area contributed by atoms with Gasteiger partial charge in [0, 0.05) is 48.3 Å². The molecule has 1 saturated heterocycles. The molecule has 0 radical (unpaired) electrons. The number of nitrogens with two attached hydrogens (primary N) is 1. The van der Waals surface area contributed by atoms with Gasteiger partial charge in [0.05, 0.1) is 24.8 Å². The lowest BCUT2D eigenvalue weighted by atomic mass is 9.81. The first-order valence-electron chi connectivity index (χ1n) is 16.2. The fourth-order valence-corrected chi connectivity index (χ4v) is 8.36. The summed E-state index contributed by atoms with van der Waals surface area (Å²) in [5, 5.41) is 16.5. The Morgan fingerprint density at radius 2 is 1.60 bits per heavy atom. The zero-order chi connectivity index (χ0) is 30.9. The van der Waals surface area contributed by atoms with E-state index in [2.05, 4.69) is 26.6 Å². The number of nitrogens with one attached hydrogen (secondary N) is 5. The van der Waals surface area contributed by atoms with Crippen molar-refractivity contribution in [2.75, 3.05) is 13.7 Å². The smallest absolute Gasteiger partial charge is 0.407 e. The van der Waals surface area contributed by atoms with E-state index >= 15 is 0 Å². The summed E-state index contributed by atoms with van der Waals surface area (Å²) in [4.78, 5) is 38.0. The number of carbonyl (C=O) groups is 3. The van der Waals surface area contributed by atoms with Gasteiger partial charge in [-0.05, 0) is 94.8 Å². The van der Waals surface area contributed by atoms with E-state index in [-0.39, 0.29) is 64.7 Å². The summed E-state index contributed by atoms with van der Waals surface area (Å²) in [5.74, 6) is 0.754. The highest BCUT2D eigenvalue weighted by atomic mass is 35.5. The zero-order valence-electron chi connectivity index (χ0n) is 25.3. The Labute approximate surface area is 271 Å². The van der Waals surface area contributed by atoms with Gasteiger partial charge in [-0.25, -0.2) is 4.79 Å². The molecular formula is C30H51Cl3N6O4. The van der Waals surface area contributed by atoms with E-state index in [9.17, 15) is 14.4 Å². The minimum Gasteiger partial charge on any atom is -0.453 e. The third kappa shape index (κ3) is 10.8. The van der Waals surface area contributed by atoms with Crippen LogP contribution in [0, 0.1) is 17.8 Å². The SMILES string of the molecule is COC(=O)NC1CCC(C2NC([C@H](CC(=O)NCC3CCC(Cl)CC3)NC(=O)CCC3CC(Cl)CCC3N)NC2Cl)CC1. The van der Waals surface area contributed by atoms with Crippen LogP contribution in [0.1, 0.15) is 89.9 Å². The molecule has 246 valence electrons. The van der Waals surface area contributed by atoms with Gasteiger partial charge in [-0.15, -0.1) is 34.8 Å². The Kier molecular flexibility index (Phi) is 13.8. The number of rotatable bonds is 11. The molecule has 0 aromatic carbocycles. The number of hydrogen-bond acceptors (Lipinski definition) is 7. The molecule has 0 aromatic heterocycles. The summed E-state index contributed by atoms with van der Waals surface area (Å²) in [7, 11) is 1.37. The normalized spacial score (nSPS) is 37.2. The maximum absolute atomic E-state index is 13.2. The van der Waals surface area contributed by atoms with Crippen LogP contribution >= 0.6 is 34.8 Å². The maximum Gasteiger partial charge on any atom is 0.407 e. The molecule has 7 N–H and O–H groups in total. The molecule has 3 saturated carbocycles. The Bertz CT molecular complexity index is 918. The number of hydrogen-bond donors (Lipinski definition) is 6. The molecule has 3 aliphatic carbocycles. The number of methoxy groups -OCH3 is 1. The quantitative estimate of drug-likeness (QED) is 0.146. The average molecular weight is 666 g/mol. The molecule has 13 heteroatoms. The molecule has 43 heavy (non-hydrogen) atoms. The second kappa shape index (κ2) is 17.0. The van der Waals surface area contributed by atoms with E-state index in [0.717, 1.165) is 70.6 Å². The number of alkyl carbamates (subject to hydrolysis) is 1. The van der Waals surface area contributed by atoms with Crippen molar-refractivity contribution in [3.63, 3.8) is 0 Å². The second-order valence-electron chi connectivity index (χ2n) is 13.2. The molecule has 6 unspecified atom stereocenters. The molecule has 1 heterocycles. The van der Waals surface area contributed by atoms with E-state index in [1.165, 1.54) is 7.11 Å². The van der Waals surface area contributed by atoms with Crippen molar-refractivity contribution in [2.45, 2.75) is 136 Å². The van der Waals surface area contributed by atoms with Crippen molar-refractivity contribution in [2.24, 2.45) is 23.5 Å². The van der Waals surface area contributed by atoms with Crippen molar-refractivity contribution in [1.29, 1.82) is 0 Å². The monoisotopic (exact) mass is 664 g/mol. The van der Waals surface area contributed by atoms with Crippen molar-refractivity contribution in [3.05, 3.63) is 0 Å². The summed E-state index contributed by atoms with van der Waals surface area (Å²) in [6.45, 7) is 0.622. The molecule has 4 rings (SSSR count). The van der Waals surface area contributed by atoms with Gasteiger partial charge in [-0.2, -0.15) is 0 Å². The molecule has 4 aliphatic rings. The van der Waals surface area contributed by atoms with Crippen molar-refractivity contribution in [1.82, 2.24) is 26.6 Å². The number of alkyl halides is 3. The highest BCUT2D eigenvalue weighted by Gasteiger charge is 2.42. The first-order valence-corrected chi connectivity index (χ1v) is 17.5. The van der Waals surface area contributed by atoms with Crippen LogP contribution in [0.3, 0.4) is 0 Å². The van der Waals surface area contributed by atoms with Gasteiger partial charge in [0.1, 0.15) is 0 Å². The summed E-state index contributed by atoms with van der Waals surface area (Å²) in [6, 6.07) is -0.355. The molecule has 0 aromatic rings. The average Bonchev–Trinajstić information content (AvgIpc) is 3.38. The predicted molar refractivity (Wildman–Crippen MR) is 170 cm³/mol. The minimum atomic E-state index is -0.476. The molecule has 0 spiro atoms. The molecule has 4 fully saturated rings. The third-order valence-electron chi connectivity index (χ3n) is 10.1. The molecule has 7 atom stereocenters. The molecular weight excluding hydrogens is 615 g/mol. The summed E-state index contributed by atoms with van der Waals surface area (Å²) in [6.07, 6.45) is 10.5. The highest BCUT2D eigenvalue weighted by Crippen LogP contribution is 2.33. The van der Waals surface area contributed by atoms with E-state index in [1.54, 1.807) is 0 Å². The van der Waals surface area contributed by atoms with Gasteiger partial charge in [-0.1, -0.05) is 0 Å². The summed E-state index contributed by atoms with van der Waals surface area (Å²) in [5.41, 5.74) is 5.97. The summed E-state index contributed by atoms with van der Waals surface area (Å²) >= 11 is 19.5. The zero-order valence-corrected chi connectivity index (χ0v) is 27.6. The Balaban J connectivity index is 1.32. The lowest BCUT2D eigenvalue weighted by Gasteiger charge is -2.33. The Morgan fingerprint density at radius 1 is 0.907 bits per heavy atom. The van der Waals surface area contributed by atoms with Crippen LogP contribution in [0.2, 0.25) is 0 Å². The van der Waals surface area contributed by atoms with Crippen LogP contribution in [0.5, 0.6) is 0 Å². The van der Waals surface area contributed by atoms with Gasteiger partial charge >= 0.3 is 6.09 Å². The van der Waals surface area contributed by atoms with Crippen LogP contribution < -0.4 is 32.3 Å². The fourth-order valence-electron chi connectivity index (χ4n) is 7.34. The largest absolute Gasteiger partial charge is 0.453 e. The van der Waals surface area contributed by atoms with E-state index < -0.39 is 12.1 Å². The van der Waals surface area contributed by atoms with Crippen molar-refractivity contribution < 1.29 is 19.1 Å². The van der Waals surface area contributed by atoms with E-state index in [4.69, 9.17) is 45.3 Å². The number of ether oxygens (including phenoxy) is 1. The van der Waals surface area contributed by atoms with Crippen LogP contribution in [0.25, 0.3) is 0 Å². The number of amides is 3. The lowest BCUT2D eigenvalue weighted by molar-refractivity contribution is -0.124. The maximum atomic E-state index is 13.2. The molecule has 10 nitrogen and oxygen atoms in total. The van der Waals surface area contributed by atoms with Crippen LogP contribution in [-0.4, -0.2) is 78.2 Å². The third-order valence-corrected chi connectivity index (χ3v) is 11.3. The van der Waals surface area contributed by atoms with Gasteiger partial charge in [-0.3, -0.25) is 20.2 Å². The van der Waals surface area contributed by atoms with Crippen molar-refractivity contribution >= 4 is 52.7 Å². The van der Waals surface area contributed by atoms with Gasteiger partial charge in [0.25, 0.3) is 0 Å². The molecule has 0 bridgehead atoms. The summed E-state index contributed by atoms with van der Waals surface area (Å²) < 4.78 is 4.74. The fraction of sp³-hybridized carbons (Fsp3) is 0.900. The number of carbonyl (C=O) groups excluding carboxylic acids is 3. The van der Waals surface area contributed by atoms with Gasteiger partial charge in [0.15, 0.2) is 0 Å². The van der Waals surface area contributed by atoms with E-state index in [1.807, 2.05) is 0 Å². The number of halogens is 3. The lowest BCUT2D eigenvalue weighted by Crippen LogP contribution is -2.55. The minimum absolute atomic E-state index is 0.0279. The van der Waals surface area contributed by atoms with Gasteiger partial charge < -0.3 is 26.4 Å². The first kappa shape index (κ1) is 34.8. The first-order chi connectivity index (χ1) is 20.6. The van der Waals surface area contributed by atoms with Crippen LogP contribution in [-0.2, 0) is 14.3 Å². The van der Waals surface area contributed by atoms with Crippen LogP contribution in [0.15, 0.2) is 0 Å². The molecule has 1 aliphatic heterocycles. The van der Waals surface area contributed by atoms with Crippen molar-refractivity contribution in [3.8, 4) is 0 Å². The predicted octanol–water partition coefficient (Wildman–Crippen LogP) is 3.66.